The van der Waals surface area contributed by atoms with Gasteiger partial charge in [-0.2, -0.15) is 5.26 Å². The van der Waals surface area contributed by atoms with Crippen molar-refractivity contribution in [1.29, 1.82) is 5.26 Å². The first-order chi connectivity index (χ1) is 20.8. The van der Waals surface area contributed by atoms with Crippen LogP contribution in [0, 0.1) is 34.6 Å². The number of benzene rings is 2. The summed E-state index contributed by atoms with van der Waals surface area (Å²) in [5.74, 6) is -4.73. The second-order valence-corrected chi connectivity index (χ2v) is 13.0. The molecule has 2 saturated heterocycles. The van der Waals surface area contributed by atoms with Crippen LogP contribution in [0.2, 0.25) is 0 Å². The summed E-state index contributed by atoms with van der Waals surface area (Å²) >= 11 is 0. The van der Waals surface area contributed by atoms with E-state index < -0.39 is 70.6 Å². The maximum Gasteiger partial charge on any atom is 1.00 e. The second-order valence-electron chi connectivity index (χ2n) is 13.0. The van der Waals surface area contributed by atoms with E-state index in [0.717, 1.165) is 29.2 Å². The minimum Gasteiger partial charge on any atom is -0.870 e. The van der Waals surface area contributed by atoms with Crippen LogP contribution in [-0.4, -0.2) is 74.9 Å². The molecular weight excluding hydrogens is 637 g/mol. The van der Waals surface area contributed by atoms with Crippen molar-refractivity contribution in [3.63, 3.8) is 0 Å². The molecule has 4 rings (SSSR count). The Morgan fingerprint density at radius 3 is 1.47 bits per heavy atom. The maximum absolute atomic E-state index is 13.4. The standard InChI is InChI=1S/C16H18F2N2O2.C16H19F2NO4.Na.H2O/c1-16(2,3)22-15(21)20-9-11(6-14(20)8-19)10-4-12(17)7-13(18)5-10;1-16(2,3)23-15(22)19-8-10(6-13(19)14(20)21)9-4-11(17)7-12(18)5-9;;/h4-5,7,11,14H,6,9H2,1-3H3;4-5,7,10,13H,6,8H2,1-3H3,(H,20,21);;1H2/q;;+1;/p-1/t11-,14?;10-,13?;;/m00../s1. The molecule has 10 nitrogen and oxygen atoms in total. The molecule has 2 aliphatic rings. The number of nitrogens with zero attached hydrogens (tertiary/aromatic N) is 3. The Kier molecular flexibility index (Phi) is 14.7. The Morgan fingerprint density at radius 1 is 0.745 bits per heavy atom. The fraction of sp³-hybridized carbons (Fsp3) is 0.500. The second kappa shape index (κ2) is 16.6. The van der Waals surface area contributed by atoms with Crippen molar-refractivity contribution in [2.45, 2.75) is 89.5 Å². The zero-order chi connectivity index (χ0) is 33.9. The first-order valence-corrected chi connectivity index (χ1v) is 14.3. The molecule has 0 aromatic heterocycles. The number of hydrogen-bond donors (Lipinski definition) is 1. The molecule has 0 spiro atoms. The molecule has 47 heavy (non-hydrogen) atoms. The molecule has 2 N–H and O–H groups in total. The van der Waals surface area contributed by atoms with Gasteiger partial charge < -0.3 is 20.1 Å². The Labute approximate surface area is 293 Å². The summed E-state index contributed by atoms with van der Waals surface area (Å²) in [6, 6.07) is 6.64. The first-order valence-electron chi connectivity index (χ1n) is 14.3. The van der Waals surface area contributed by atoms with Crippen LogP contribution in [0.15, 0.2) is 36.4 Å². The number of amides is 2. The normalized spacial score (nSPS) is 20.5. The van der Waals surface area contributed by atoms with E-state index in [4.69, 9.17) is 9.47 Å². The quantitative estimate of drug-likeness (QED) is 0.384. The van der Waals surface area contributed by atoms with Gasteiger partial charge in [0.2, 0.25) is 0 Å². The molecular formula is C32H38F4N3NaO7. The fourth-order valence-corrected chi connectivity index (χ4v) is 5.18. The fourth-order valence-electron chi connectivity index (χ4n) is 5.18. The van der Waals surface area contributed by atoms with Crippen molar-refractivity contribution in [3.05, 3.63) is 70.8 Å². The molecule has 15 heteroatoms. The number of ether oxygens (including phenoxy) is 2. The number of carboxylic acid groups (broad SMARTS) is 1. The number of aliphatic carboxylic acids is 1. The Hall–Kier alpha value is -3.38. The van der Waals surface area contributed by atoms with Crippen molar-refractivity contribution in [3.8, 4) is 6.07 Å². The number of rotatable bonds is 3. The molecule has 2 aliphatic heterocycles. The van der Waals surface area contributed by atoms with Crippen LogP contribution in [-0.2, 0) is 14.3 Å². The Balaban J connectivity index is 0.000000451. The largest absolute Gasteiger partial charge is 1.00 e. The summed E-state index contributed by atoms with van der Waals surface area (Å²) in [7, 11) is 0. The third-order valence-corrected chi connectivity index (χ3v) is 7.00. The Bertz CT molecular complexity index is 1440. The predicted molar refractivity (Wildman–Crippen MR) is 156 cm³/mol. The first kappa shape index (κ1) is 41.6. The van der Waals surface area contributed by atoms with Gasteiger partial charge in [-0.05, 0) is 89.8 Å². The molecule has 252 valence electrons. The molecule has 2 heterocycles. The maximum atomic E-state index is 13.4. The topological polar surface area (TPSA) is 150 Å². The van der Waals surface area contributed by atoms with E-state index in [1.165, 1.54) is 17.0 Å². The molecule has 0 aliphatic carbocycles. The van der Waals surface area contributed by atoms with Crippen LogP contribution in [0.3, 0.4) is 0 Å². The van der Waals surface area contributed by atoms with E-state index in [9.17, 15) is 42.3 Å². The summed E-state index contributed by atoms with van der Waals surface area (Å²) in [4.78, 5) is 38.1. The van der Waals surface area contributed by atoms with Crippen LogP contribution in [0.4, 0.5) is 27.2 Å². The molecule has 2 unspecified atom stereocenters. The average Bonchev–Trinajstić information content (AvgIpc) is 3.52. The van der Waals surface area contributed by atoms with E-state index in [1.54, 1.807) is 41.5 Å². The molecule has 4 atom stereocenters. The number of carbonyl (C=O) groups excluding carboxylic acids is 2. The third-order valence-electron chi connectivity index (χ3n) is 7.00. The van der Waals surface area contributed by atoms with Gasteiger partial charge >= 0.3 is 47.7 Å². The average molecular weight is 676 g/mol. The van der Waals surface area contributed by atoms with E-state index in [0.29, 0.717) is 17.5 Å². The molecule has 2 amide bonds. The smallest absolute Gasteiger partial charge is 0.870 e. The summed E-state index contributed by atoms with van der Waals surface area (Å²) in [6.45, 7) is 10.5. The molecule has 0 bridgehead atoms. The van der Waals surface area contributed by atoms with Gasteiger partial charge in [-0.15, -0.1) is 0 Å². The summed E-state index contributed by atoms with van der Waals surface area (Å²) in [6.07, 6.45) is -0.918. The van der Waals surface area contributed by atoms with Gasteiger partial charge in [0.05, 0.1) is 6.07 Å². The zero-order valence-electron chi connectivity index (χ0n) is 27.4. The van der Waals surface area contributed by atoms with E-state index in [2.05, 4.69) is 0 Å². The predicted octanol–water partition coefficient (Wildman–Crippen LogP) is 3.55. The summed E-state index contributed by atoms with van der Waals surface area (Å²) in [5.41, 5.74) is -0.646. The van der Waals surface area contributed by atoms with Crippen LogP contribution >= 0.6 is 0 Å². The summed E-state index contributed by atoms with van der Waals surface area (Å²) in [5, 5.41) is 18.5. The third kappa shape index (κ3) is 12.0. The molecule has 0 saturated carbocycles. The zero-order valence-corrected chi connectivity index (χ0v) is 29.4. The van der Waals surface area contributed by atoms with Crippen LogP contribution in [0.5, 0.6) is 0 Å². The van der Waals surface area contributed by atoms with Crippen LogP contribution in [0.1, 0.15) is 77.3 Å². The van der Waals surface area contributed by atoms with E-state index in [1.807, 2.05) is 6.07 Å². The van der Waals surface area contributed by atoms with Gasteiger partial charge in [-0.25, -0.2) is 31.9 Å². The van der Waals surface area contributed by atoms with Crippen LogP contribution < -0.4 is 29.6 Å². The van der Waals surface area contributed by atoms with E-state index in [-0.39, 0.29) is 60.5 Å². The van der Waals surface area contributed by atoms with Gasteiger partial charge in [-0.1, -0.05) is 0 Å². The number of halogens is 4. The van der Waals surface area contributed by atoms with E-state index >= 15 is 0 Å². The van der Waals surface area contributed by atoms with Gasteiger partial charge in [0, 0.05) is 37.1 Å². The number of carboxylic acids is 1. The molecule has 2 aromatic carbocycles. The molecule has 0 radical (unpaired) electrons. The van der Waals surface area contributed by atoms with Gasteiger partial charge in [0.1, 0.15) is 46.6 Å². The molecule has 2 fully saturated rings. The van der Waals surface area contributed by atoms with Gasteiger partial charge in [0.25, 0.3) is 0 Å². The SMILES string of the molecule is CC(C)(C)OC(=O)N1C[C@@H](c2cc(F)cc(F)c2)CC1C#N.CC(C)(C)OC(=O)N1C[C@@H](c2cc(F)cc(F)c2)CC1C(=O)O.[Na+].[OH-]. The van der Waals surface area contributed by atoms with Crippen molar-refractivity contribution >= 4 is 18.2 Å². The number of carbonyl (C=O) groups is 3. The van der Waals surface area contributed by atoms with Crippen LogP contribution in [0.25, 0.3) is 0 Å². The van der Waals surface area contributed by atoms with Crippen molar-refractivity contribution in [2.75, 3.05) is 13.1 Å². The Morgan fingerprint density at radius 2 is 1.11 bits per heavy atom. The molecule has 2 aromatic rings. The number of likely N-dealkylation sites (tertiary alicyclic amines) is 2. The van der Waals surface area contributed by atoms with Crippen molar-refractivity contribution in [1.82, 2.24) is 9.80 Å². The minimum absolute atomic E-state index is 0. The summed E-state index contributed by atoms with van der Waals surface area (Å²) < 4.78 is 63.8. The van der Waals surface area contributed by atoms with Crippen molar-refractivity contribution < 1.29 is 81.6 Å². The van der Waals surface area contributed by atoms with Crippen molar-refractivity contribution in [2.24, 2.45) is 0 Å². The number of nitriles is 1. The van der Waals surface area contributed by atoms with Gasteiger partial charge in [-0.3, -0.25) is 9.80 Å². The van der Waals surface area contributed by atoms with Gasteiger partial charge in [0.15, 0.2) is 0 Å². The monoisotopic (exact) mass is 675 g/mol. The minimum atomic E-state index is -1.17. The number of hydrogen-bond acceptors (Lipinski definition) is 7.